The number of halogens is 9. The molecule has 1 saturated carbocycles. The van der Waals surface area contributed by atoms with E-state index in [9.17, 15) is 52.7 Å². The fraction of sp³-hybridized carbons (Fsp3) is 0.938. The Labute approximate surface area is 179 Å². The number of alkyl halides is 9. The molecular weight excluding hydrogens is 507 g/mol. The number of carbonyl (C=O) groups excluding carboxylic acids is 1. The number of Topliss-reactive ketones (excluding diaryl/α,β-unsaturated/α-hetero) is 1. The van der Waals surface area contributed by atoms with Crippen molar-refractivity contribution in [3.63, 3.8) is 0 Å². The summed E-state index contributed by atoms with van der Waals surface area (Å²) in [5.41, 5.74) is 0. The van der Waals surface area contributed by atoms with Gasteiger partial charge in [0.2, 0.25) is 0 Å². The van der Waals surface area contributed by atoms with Gasteiger partial charge in [0, 0.05) is 17.4 Å². The third-order valence-electron chi connectivity index (χ3n) is 5.33. The summed E-state index contributed by atoms with van der Waals surface area (Å²) in [5, 5.41) is -6.94. The maximum Gasteiger partial charge on any atom is 0.460 e. The summed E-state index contributed by atoms with van der Waals surface area (Å²) in [6, 6.07) is 0. The van der Waals surface area contributed by atoms with E-state index < -0.39 is 72.7 Å². The van der Waals surface area contributed by atoms with Crippen LogP contribution in [-0.4, -0.2) is 67.9 Å². The topological polar surface area (TPSA) is 69.7 Å². The van der Waals surface area contributed by atoms with E-state index in [-0.39, 0.29) is 13.2 Å². The molecule has 0 aromatic rings. The zero-order valence-electron chi connectivity index (χ0n) is 16.4. The normalized spacial score (nSPS) is 23.0. The Morgan fingerprint density at radius 3 is 1.84 bits per heavy atom. The highest BCUT2D eigenvalue weighted by Crippen LogP contribution is 2.59. The van der Waals surface area contributed by atoms with Crippen LogP contribution in [-0.2, 0) is 23.3 Å². The van der Waals surface area contributed by atoms with Crippen molar-refractivity contribution in [2.24, 2.45) is 5.92 Å². The van der Waals surface area contributed by atoms with Crippen molar-refractivity contribution in [2.45, 2.75) is 55.4 Å². The third kappa shape index (κ3) is 5.02. The van der Waals surface area contributed by atoms with Crippen molar-refractivity contribution in [1.29, 1.82) is 0 Å². The molecule has 0 bridgehead atoms. The Balaban J connectivity index is 2.36. The molecular formula is C16H21F9O5S2. The van der Waals surface area contributed by atoms with Crippen LogP contribution in [0.15, 0.2) is 0 Å². The molecule has 0 N–H and O–H groups in total. The standard InChI is InChI=1S/C16H21F9O5S2/c17-13(18,15(21,22)23)14(19,20)16(24,25)32(27,28)30-31(8-6-29-7-9-31)10-12(26)11-4-2-1-3-5-11/h11H,1-10H2. The number of hydrogen-bond donors (Lipinski definition) is 0. The molecule has 0 aromatic heterocycles. The van der Waals surface area contributed by atoms with Crippen LogP contribution in [0.2, 0.25) is 0 Å². The first-order valence-corrected chi connectivity index (χ1v) is 12.9. The quantitative estimate of drug-likeness (QED) is 0.429. The average Bonchev–Trinajstić information content (AvgIpc) is 2.67. The molecule has 2 fully saturated rings. The van der Waals surface area contributed by atoms with Crippen LogP contribution in [0.1, 0.15) is 32.1 Å². The second kappa shape index (κ2) is 9.13. The zero-order chi connectivity index (χ0) is 24.6. The van der Waals surface area contributed by atoms with Gasteiger partial charge in [0.25, 0.3) is 0 Å². The lowest BCUT2D eigenvalue weighted by molar-refractivity contribution is -0.382. The predicted molar refractivity (Wildman–Crippen MR) is 95.5 cm³/mol. The summed E-state index contributed by atoms with van der Waals surface area (Å²) in [6.45, 7) is -0.604. The molecule has 0 unspecified atom stereocenters. The number of carbonyl (C=O) groups is 1. The molecule has 0 amide bonds. The van der Waals surface area contributed by atoms with E-state index in [0.29, 0.717) is 25.7 Å². The third-order valence-corrected chi connectivity index (χ3v) is 10.7. The summed E-state index contributed by atoms with van der Waals surface area (Å²) in [5.74, 6) is -17.5. The van der Waals surface area contributed by atoms with Crippen LogP contribution >= 0.6 is 10.3 Å². The molecule has 0 spiro atoms. The number of ketones is 1. The summed E-state index contributed by atoms with van der Waals surface area (Å²) in [4.78, 5) is 12.6. The van der Waals surface area contributed by atoms with E-state index in [4.69, 9.17) is 4.74 Å². The molecule has 32 heavy (non-hydrogen) atoms. The molecule has 5 nitrogen and oxygen atoms in total. The van der Waals surface area contributed by atoms with E-state index in [0.717, 1.165) is 6.42 Å². The molecule has 1 aliphatic heterocycles. The Morgan fingerprint density at radius 2 is 1.38 bits per heavy atom. The van der Waals surface area contributed by atoms with Gasteiger partial charge in [-0.3, -0.25) is 4.79 Å². The lowest BCUT2D eigenvalue weighted by atomic mass is 9.87. The van der Waals surface area contributed by atoms with E-state index in [1.165, 1.54) is 0 Å². The van der Waals surface area contributed by atoms with Gasteiger partial charge in [-0.05, 0) is 12.8 Å². The van der Waals surface area contributed by atoms with Crippen LogP contribution < -0.4 is 0 Å². The highest BCUT2D eigenvalue weighted by atomic mass is 32.3. The maximum absolute atomic E-state index is 14.1. The molecule has 0 atom stereocenters. The fourth-order valence-corrected chi connectivity index (χ4v) is 8.55. The van der Waals surface area contributed by atoms with Gasteiger partial charge < -0.3 is 4.74 Å². The minimum atomic E-state index is -7.38. The van der Waals surface area contributed by atoms with Crippen molar-refractivity contribution in [1.82, 2.24) is 0 Å². The van der Waals surface area contributed by atoms with Crippen molar-refractivity contribution in [3.05, 3.63) is 0 Å². The van der Waals surface area contributed by atoms with Gasteiger partial charge in [-0.25, -0.2) is 3.63 Å². The smallest absolute Gasteiger partial charge is 0.380 e. The monoisotopic (exact) mass is 528 g/mol. The van der Waals surface area contributed by atoms with Gasteiger partial charge in [-0.2, -0.15) is 47.9 Å². The Bertz CT molecular complexity index is 786. The van der Waals surface area contributed by atoms with Gasteiger partial charge in [0.05, 0.1) is 19.0 Å². The van der Waals surface area contributed by atoms with Crippen LogP contribution in [0, 0.1) is 5.92 Å². The second-order valence-electron chi connectivity index (χ2n) is 7.62. The fourth-order valence-electron chi connectivity index (χ4n) is 3.41. The summed E-state index contributed by atoms with van der Waals surface area (Å²) >= 11 is 0. The summed E-state index contributed by atoms with van der Waals surface area (Å²) < 4.78 is 152. The van der Waals surface area contributed by atoms with Gasteiger partial charge >= 0.3 is 33.4 Å². The highest BCUT2D eigenvalue weighted by Gasteiger charge is 2.86. The average molecular weight is 528 g/mol. The van der Waals surface area contributed by atoms with Crippen LogP contribution in [0.4, 0.5) is 39.5 Å². The molecule has 16 heteroatoms. The van der Waals surface area contributed by atoms with Gasteiger partial charge in [-0.15, -0.1) is 10.3 Å². The lowest BCUT2D eigenvalue weighted by Crippen LogP contribution is -2.63. The van der Waals surface area contributed by atoms with Crippen molar-refractivity contribution >= 4 is 26.2 Å². The largest absolute Gasteiger partial charge is 0.460 e. The zero-order valence-corrected chi connectivity index (χ0v) is 18.0. The van der Waals surface area contributed by atoms with E-state index >= 15 is 0 Å². The molecule has 1 saturated heterocycles. The first-order chi connectivity index (χ1) is 14.4. The van der Waals surface area contributed by atoms with Crippen LogP contribution in [0.3, 0.4) is 0 Å². The van der Waals surface area contributed by atoms with E-state index in [1.807, 2.05) is 0 Å². The molecule has 1 heterocycles. The lowest BCUT2D eigenvalue weighted by Gasteiger charge is -2.43. The maximum atomic E-state index is 14.1. The Kier molecular flexibility index (Phi) is 7.85. The first kappa shape index (κ1) is 27.5. The van der Waals surface area contributed by atoms with Gasteiger partial charge in [-0.1, -0.05) is 19.3 Å². The molecule has 1 aliphatic carbocycles. The minimum absolute atomic E-state index is 0.302. The van der Waals surface area contributed by atoms with Crippen molar-refractivity contribution in [3.8, 4) is 0 Å². The van der Waals surface area contributed by atoms with Crippen LogP contribution in [0.5, 0.6) is 0 Å². The molecule has 0 radical (unpaired) electrons. The first-order valence-electron chi connectivity index (χ1n) is 9.43. The second-order valence-corrected chi connectivity index (χ2v) is 12.6. The summed E-state index contributed by atoms with van der Waals surface area (Å²) in [7, 11) is -10.5. The minimum Gasteiger partial charge on any atom is -0.380 e. The predicted octanol–water partition coefficient (Wildman–Crippen LogP) is 4.66. The molecule has 0 aromatic carbocycles. The van der Waals surface area contributed by atoms with E-state index in [2.05, 4.69) is 3.63 Å². The Morgan fingerprint density at radius 1 is 0.875 bits per heavy atom. The van der Waals surface area contributed by atoms with E-state index in [1.54, 1.807) is 0 Å². The SMILES string of the molecule is O=C(CS1(OS(=O)(=O)C(F)(F)C(F)(F)C(F)(F)C(F)(F)F)CCOCC1)C1CCCCC1. The number of rotatable bonds is 8. The number of hydrogen-bond acceptors (Lipinski definition) is 5. The molecule has 190 valence electrons. The highest BCUT2D eigenvalue weighted by molar-refractivity contribution is 8.33. The van der Waals surface area contributed by atoms with Crippen LogP contribution in [0.25, 0.3) is 0 Å². The molecule has 2 rings (SSSR count). The van der Waals surface area contributed by atoms with Gasteiger partial charge in [0.15, 0.2) is 0 Å². The Hall–Kier alpha value is -0.740. The number of ether oxygens (including phenoxy) is 1. The molecule has 2 aliphatic rings. The van der Waals surface area contributed by atoms with Crippen molar-refractivity contribution in [2.75, 3.05) is 30.5 Å². The van der Waals surface area contributed by atoms with Crippen molar-refractivity contribution < 1.29 is 61.1 Å². The summed E-state index contributed by atoms with van der Waals surface area (Å²) in [6.07, 6.45) is -4.10. The van der Waals surface area contributed by atoms with Gasteiger partial charge in [0.1, 0.15) is 5.78 Å².